The second kappa shape index (κ2) is 7.96. The van der Waals surface area contributed by atoms with Gasteiger partial charge in [0.25, 0.3) is 0 Å². The number of thiazole rings is 1. The zero-order valence-electron chi connectivity index (χ0n) is 14.4. The molecule has 8 heteroatoms. The first-order valence-corrected chi connectivity index (χ1v) is 8.90. The third-order valence-corrected chi connectivity index (χ3v) is 4.60. The maximum atomic E-state index is 13.0. The van der Waals surface area contributed by atoms with Crippen molar-refractivity contribution in [2.75, 3.05) is 17.7 Å². The van der Waals surface area contributed by atoms with Crippen LogP contribution in [0.1, 0.15) is 32.5 Å². The van der Waals surface area contributed by atoms with Crippen molar-refractivity contribution < 1.29 is 18.7 Å². The number of esters is 1. The molecule has 0 spiro atoms. The lowest BCUT2D eigenvalue weighted by molar-refractivity contribution is 0.0526. The summed E-state index contributed by atoms with van der Waals surface area (Å²) in [7, 11) is 0. The van der Waals surface area contributed by atoms with Crippen LogP contribution in [-0.2, 0) is 4.74 Å². The molecular weight excluding hydrogens is 369 g/mol. The van der Waals surface area contributed by atoms with Crippen LogP contribution in [0.15, 0.2) is 48.5 Å². The highest BCUT2D eigenvalue weighted by molar-refractivity contribution is 7.18. The number of ketones is 1. The molecule has 6 nitrogen and oxygen atoms in total. The average molecular weight is 385 g/mol. The van der Waals surface area contributed by atoms with Crippen LogP contribution in [0, 0.1) is 5.82 Å². The van der Waals surface area contributed by atoms with Gasteiger partial charge in [-0.1, -0.05) is 11.3 Å². The third kappa shape index (κ3) is 4.29. The van der Waals surface area contributed by atoms with Crippen LogP contribution in [0.5, 0.6) is 0 Å². The molecule has 0 fully saturated rings. The Kier molecular flexibility index (Phi) is 5.46. The Hall–Kier alpha value is -3.26. The second-order valence-electron chi connectivity index (χ2n) is 5.49. The van der Waals surface area contributed by atoms with E-state index in [-0.39, 0.29) is 16.5 Å². The molecule has 2 aromatic carbocycles. The number of halogens is 1. The van der Waals surface area contributed by atoms with Gasteiger partial charge in [0.05, 0.1) is 12.2 Å². The summed E-state index contributed by atoms with van der Waals surface area (Å²) in [6.07, 6.45) is 0. The van der Waals surface area contributed by atoms with Crippen molar-refractivity contribution in [3.63, 3.8) is 0 Å². The lowest BCUT2D eigenvalue weighted by atomic mass is 10.1. The van der Waals surface area contributed by atoms with E-state index in [1.54, 1.807) is 31.2 Å². The fourth-order valence-electron chi connectivity index (χ4n) is 2.31. The van der Waals surface area contributed by atoms with Crippen LogP contribution in [0.3, 0.4) is 0 Å². The zero-order chi connectivity index (χ0) is 19.4. The number of ether oxygens (including phenoxy) is 1. The molecule has 0 atom stereocenters. The summed E-state index contributed by atoms with van der Waals surface area (Å²) in [5.74, 6) is -1.04. The molecular formula is C19H16FN3O3S. The summed E-state index contributed by atoms with van der Waals surface area (Å²) in [5, 5.41) is 3.47. The predicted octanol–water partition coefficient (Wildman–Crippen LogP) is 4.02. The number of rotatable bonds is 6. The molecule has 0 bridgehead atoms. The zero-order valence-corrected chi connectivity index (χ0v) is 15.2. The molecule has 0 saturated carbocycles. The summed E-state index contributed by atoms with van der Waals surface area (Å²) in [4.78, 5) is 28.6. The van der Waals surface area contributed by atoms with E-state index in [2.05, 4.69) is 10.3 Å². The highest BCUT2D eigenvalue weighted by Gasteiger charge is 2.18. The van der Waals surface area contributed by atoms with Gasteiger partial charge in [-0.3, -0.25) is 4.79 Å². The van der Waals surface area contributed by atoms with E-state index < -0.39 is 11.8 Å². The fourth-order valence-corrected chi connectivity index (χ4v) is 3.17. The van der Waals surface area contributed by atoms with Gasteiger partial charge >= 0.3 is 5.97 Å². The van der Waals surface area contributed by atoms with Gasteiger partial charge in [0.2, 0.25) is 5.78 Å². The van der Waals surface area contributed by atoms with E-state index in [0.717, 1.165) is 11.3 Å². The minimum absolute atomic E-state index is 0.0972. The molecule has 3 rings (SSSR count). The molecule has 0 saturated heterocycles. The average Bonchev–Trinajstić information content (AvgIpc) is 3.02. The van der Waals surface area contributed by atoms with Crippen molar-refractivity contribution in [1.82, 2.24) is 4.98 Å². The Bertz CT molecular complexity index is 969. The van der Waals surface area contributed by atoms with Crippen LogP contribution in [0.25, 0.3) is 0 Å². The Morgan fingerprint density at radius 2 is 1.74 bits per heavy atom. The van der Waals surface area contributed by atoms with E-state index >= 15 is 0 Å². The Morgan fingerprint density at radius 1 is 1.11 bits per heavy atom. The van der Waals surface area contributed by atoms with E-state index in [1.807, 2.05) is 0 Å². The van der Waals surface area contributed by atoms with E-state index in [9.17, 15) is 14.0 Å². The van der Waals surface area contributed by atoms with Crippen LogP contribution >= 0.6 is 11.3 Å². The number of carbonyl (C=O) groups excluding carboxylic acids is 2. The Balaban J connectivity index is 1.75. The van der Waals surface area contributed by atoms with Gasteiger partial charge in [0.15, 0.2) is 5.13 Å². The molecule has 138 valence electrons. The summed E-state index contributed by atoms with van der Waals surface area (Å²) < 4.78 is 17.9. The molecule has 27 heavy (non-hydrogen) atoms. The summed E-state index contributed by atoms with van der Waals surface area (Å²) >= 11 is 1.10. The molecule has 3 aromatic rings. The smallest absolute Gasteiger partial charge is 0.338 e. The molecule has 3 N–H and O–H groups in total. The normalized spacial score (nSPS) is 10.4. The van der Waals surface area contributed by atoms with Gasteiger partial charge in [0.1, 0.15) is 16.5 Å². The first-order chi connectivity index (χ1) is 13.0. The first-order valence-electron chi connectivity index (χ1n) is 8.08. The van der Waals surface area contributed by atoms with E-state index in [1.165, 1.54) is 24.3 Å². The molecule has 1 heterocycles. The predicted molar refractivity (Wildman–Crippen MR) is 102 cm³/mol. The summed E-state index contributed by atoms with van der Waals surface area (Å²) in [6.45, 7) is 2.05. The second-order valence-corrected chi connectivity index (χ2v) is 6.49. The van der Waals surface area contributed by atoms with Gasteiger partial charge in [-0.05, 0) is 55.5 Å². The molecule has 0 aliphatic rings. The van der Waals surface area contributed by atoms with Crippen LogP contribution in [0.4, 0.5) is 21.0 Å². The van der Waals surface area contributed by atoms with Crippen LogP contribution < -0.4 is 11.1 Å². The number of anilines is 3. The lowest BCUT2D eigenvalue weighted by Crippen LogP contribution is -2.04. The van der Waals surface area contributed by atoms with E-state index in [4.69, 9.17) is 10.5 Å². The third-order valence-electron chi connectivity index (χ3n) is 3.61. The Labute approximate surface area is 158 Å². The van der Waals surface area contributed by atoms with Crippen molar-refractivity contribution in [2.24, 2.45) is 0 Å². The van der Waals surface area contributed by atoms with Gasteiger partial charge in [-0.15, -0.1) is 0 Å². The van der Waals surface area contributed by atoms with Crippen molar-refractivity contribution >= 4 is 39.7 Å². The van der Waals surface area contributed by atoms with Gasteiger partial charge < -0.3 is 15.8 Å². The number of hydrogen-bond donors (Lipinski definition) is 2. The highest BCUT2D eigenvalue weighted by Crippen LogP contribution is 2.29. The molecule has 0 aliphatic heterocycles. The molecule has 0 unspecified atom stereocenters. The van der Waals surface area contributed by atoms with Gasteiger partial charge in [0, 0.05) is 11.3 Å². The number of carbonyl (C=O) groups is 2. The molecule has 0 radical (unpaired) electrons. The molecule has 0 amide bonds. The number of nitrogen functional groups attached to an aromatic ring is 1. The minimum Gasteiger partial charge on any atom is -0.462 e. The number of nitrogens with zero attached hydrogens (tertiary/aromatic N) is 1. The number of hydrogen-bond acceptors (Lipinski definition) is 7. The minimum atomic E-state index is -0.419. The number of nitrogens with one attached hydrogen (secondary N) is 1. The van der Waals surface area contributed by atoms with Crippen LogP contribution in [0.2, 0.25) is 0 Å². The topological polar surface area (TPSA) is 94.3 Å². The van der Waals surface area contributed by atoms with Gasteiger partial charge in [-0.25, -0.2) is 14.2 Å². The van der Waals surface area contributed by atoms with Crippen molar-refractivity contribution in [2.45, 2.75) is 6.92 Å². The first kappa shape index (κ1) is 18.5. The molecule has 1 aromatic heterocycles. The fraction of sp³-hybridized carbons (Fsp3) is 0.105. The number of aromatic nitrogens is 1. The van der Waals surface area contributed by atoms with Crippen LogP contribution in [-0.4, -0.2) is 23.3 Å². The maximum Gasteiger partial charge on any atom is 0.338 e. The van der Waals surface area contributed by atoms with Crippen molar-refractivity contribution in [1.29, 1.82) is 0 Å². The lowest BCUT2D eigenvalue weighted by Gasteiger charge is -2.04. The maximum absolute atomic E-state index is 13.0. The van der Waals surface area contributed by atoms with Crippen molar-refractivity contribution in [3.8, 4) is 0 Å². The SMILES string of the molecule is CCOC(=O)c1ccc(Nc2nc(N)c(C(=O)c3ccc(F)cc3)s2)cc1. The number of nitrogens with two attached hydrogens (primary N) is 1. The standard InChI is InChI=1S/C19H16FN3O3S/c1-2-26-18(25)12-5-9-14(10-6-12)22-19-23-17(21)16(27-19)15(24)11-3-7-13(20)8-4-11/h3-10H,2,21H2,1H3,(H,22,23). The monoisotopic (exact) mass is 385 g/mol. The largest absolute Gasteiger partial charge is 0.462 e. The molecule has 0 aliphatic carbocycles. The number of benzene rings is 2. The van der Waals surface area contributed by atoms with E-state index in [0.29, 0.717) is 28.6 Å². The quantitative estimate of drug-likeness (QED) is 0.492. The van der Waals surface area contributed by atoms with Gasteiger partial charge in [-0.2, -0.15) is 0 Å². The Morgan fingerprint density at radius 3 is 2.37 bits per heavy atom. The summed E-state index contributed by atoms with van der Waals surface area (Å²) in [5.41, 5.74) is 7.31. The highest BCUT2D eigenvalue weighted by atomic mass is 32.1. The summed E-state index contributed by atoms with van der Waals surface area (Å²) in [6, 6.07) is 11.9. The van der Waals surface area contributed by atoms with Crippen molar-refractivity contribution in [3.05, 3.63) is 70.4 Å².